The molecule has 0 spiro atoms. The van der Waals surface area contributed by atoms with Crippen LogP contribution in [0.1, 0.15) is 21.5 Å². The minimum atomic E-state index is -0.155. The van der Waals surface area contributed by atoms with Crippen molar-refractivity contribution in [2.24, 2.45) is 0 Å². The van der Waals surface area contributed by atoms with E-state index in [0.29, 0.717) is 16.3 Å². The van der Waals surface area contributed by atoms with Gasteiger partial charge in [-0.25, -0.2) is 0 Å². The lowest BCUT2D eigenvalue weighted by Crippen LogP contribution is -2.26. The van der Waals surface area contributed by atoms with Crippen LogP contribution in [0.2, 0.25) is 5.02 Å². The highest BCUT2D eigenvalue weighted by molar-refractivity contribution is 6.31. The van der Waals surface area contributed by atoms with Crippen LogP contribution in [0.4, 0.5) is 5.69 Å². The van der Waals surface area contributed by atoms with Crippen LogP contribution in [0.25, 0.3) is 0 Å². The summed E-state index contributed by atoms with van der Waals surface area (Å²) in [6.07, 6.45) is 0. The zero-order chi connectivity index (χ0) is 15.6. The molecule has 0 fully saturated rings. The molecule has 4 heteroatoms. The first-order valence-electron chi connectivity index (χ1n) is 6.63. The number of ether oxygens (including phenoxy) is 1. The molecule has 0 saturated carbocycles. The number of nitrogens with zero attached hydrogens (tertiary/aromatic N) is 1. The highest BCUT2D eigenvalue weighted by atomic mass is 35.5. The molecule has 2 aromatic rings. The SMILES string of the molecule is COc1ccc(Cl)cc1C(=O)N(C)c1ccc(C)c(C)c1. The van der Waals surface area contributed by atoms with Gasteiger partial charge in [-0.05, 0) is 55.3 Å². The molecule has 3 nitrogen and oxygen atoms in total. The molecular weight excluding hydrogens is 286 g/mol. The molecular formula is C17H18ClNO2. The largest absolute Gasteiger partial charge is 0.496 e. The molecule has 2 aromatic carbocycles. The first-order valence-corrected chi connectivity index (χ1v) is 7.00. The van der Waals surface area contributed by atoms with Gasteiger partial charge in [0.1, 0.15) is 5.75 Å². The number of hydrogen-bond donors (Lipinski definition) is 0. The molecule has 0 heterocycles. The average molecular weight is 304 g/mol. The minimum absolute atomic E-state index is 0.155. The molecule has 0 aliphatic carbocycles. The molecule has 0 aliphatic rings. The summed E-state index contributed by atoms with van der Waals surface area (Å²) in [5.41, 5.74) is 3.63. The normalized spacial score (nSPS) is 10.3. The van der Waals surface area contributed by atoms with Crippen LogP contribution >= 0.6 is 11.6 Å². The smallest absolute Gasteiger partial charge is 0.261 e. The Hall–Kier alpha value is -2.00. The Balaban J connectivity index is 2.39. The van der Waals surface area contributed by atoms with Gasteiger partial charge in [-0.1, -0.05) is 17.7 Å². The third-order valence-corrected chi connectivity index (χ3v) is 3.81. The van der Waals surface area contributed by atoms with Crippen LogP contribution in [0.5, 0.6) is 5.75 Å². The van der Waals surface area contributed by atoms with Crippen LogP contribution in [0.15, 0.2) is 36.4 Å². The Morgan fingerprint density at radius 3 is 2.43 bits per heavy atom. The zero-order valence-corrected chi connectivity index (χ0v) is 13.4. The number of halogens is 1. The summed E-state index contributed by atoms with van der Waals surface area (Å²) in [5.74, 6) is 0.359. The Morgan fingerprint density at radius 1 is 1.10 bits per heavy atom. The highest BCUT2D eigenvalue weighted by Crippen LogP contribution is 2.26. The van der Waals surface area contributed by atoms with Crippen molar-refractivity contribution < 1.29 is 9.53 Å². The molecule has 0 unspecified atom stereocenters. The van der Waals surface area contributed by atoms with Gasteiger partial charge in [0.2, 0.25) is 0 Å². The third kappa shape index (κ3) is 3.19. The van der Waals surface area contributed by atoms with E-state index >= 15 is 0 Å². The fourth-order valence-electron chi connectivity index (χ4n) is 2.08. The van der Waals surface area contributed by atoms with Gasteiger partial charge in [-0.3, -0.25) is 4.79 Å². The standard InChI is InChI=1S/C17H18ClNO2/c1-11-5-7-14(9-12(11)2)19(3)17(20)15-10-13(18)6-8-16(15)21-4/h5-10H,1-4H3. The first kappa shape index (κ1) is 15.4. The molecule has 0 N–H and O–H groups in total. The summed E-state index contributed by atoms with van der Waals surface area (Å²) < 4.78 is 5.24. The van der Waals surface area contributed by atoms with Gasteiger partial charge in [0.25, 0.3) is 5.91 Å². The second kappa shape index (κ2) is 6.19. The van der Waals surface area contributed by atoms with Gasteiger partial charge in [-0.15, -0.1) is 0 Å². The molecule has 0 bridgehead atoms. The first-order chi connectivity index (χ1) is 9.93. The fourth-order valence-corrected chi connectivity index (χ4v) is 2.25. The maximum atomic E-state index is 12.7. The predicted molar refractivity (Wildman–Crippen MR) is 86.7 cm³/mol. The van der Waals surface area contributed by atoms with E-state index in [4.69, 9.17) is 16.3 Å². The van der Waals surface area contributed by atoms with Gasteiger partial charge >= 0.3 is 0 Å². The van der Waals surface area contributed by atoms with E-state index in [0.717, 1.165) is 11.3 Å². The maximum Gasteiger partial charge on any atom is 0.261 e. The van der Waals surface area contributed by atoms with Crippen molar-refractivity contribution in [1.29, 1.82) is 0 Å². The second-order valence-corrected chi connectivity index (χ2v) is 5.41. The monoisotopic (exact) mass is 303 g/mol. The van der Waals surface area contributed by atoms with Gasteiger partial charge in [0.05, 0.1) is 12.7 Å². The molecule has 1 amide bonds. The second-order valence-electron chi connectivity index (χ2n) is 4.98. The van der Waals surface area contributed by atoms with E-state index < -0.39 is 0 Å². The van der Waals surface area contributed by atoms with E-state index in [9.17, 15) is 4.79 Å². The number of anilines is 1. The number of methoxy groups -OCH3 is 1. The quantitative estimate of drug-likeness (QED) is 0.848. The molecule has 21 heavy (non-hydrogen) atoms. The number of amides is 1. The topological polar surface area (TPSA) is 29.5 Å². The van der Waals surface area contributed by atoms with E-state index in [2.05, 4.69) is 0 Å². The average Bonchev–Trinajstić information content (AvgIpc) is 2.48. The van der Waals surface area contributed by atoms with Crippen LogP contribution in [-0.2, 0) is 0 Å². The number of benzene rings is 2. The number of carbonyl (C=O) groups excluding carboxylic acids is 1. The molecule has 0 aliphatic heterocycles. The van der Waals surface area contributed by atoms with Gasteiger partial charge in [-0.2, -0.15) is 0 Å². The van der Waals surface area contributed by atoms with E-state index in [1.807, 2.05) is 32.0 Å². The molecule has 2 rings (SSSR count). The molecule has 0 saturated heterocycles. The number of rotatable bonds is 3. The van der Waals surface area contributed by atoms with Crippen molar-refractivity contribution >= 4 is 23.2 Å². The van der Waals surface area contributed by atoms with E-state index in [-0.39, 0.29) is 5.91 Å². The lowest BCUT2D eigenvalue weighted by Gasteiger charge is -2.20. The summed E-state index contributed by atoms with van der Waals surface area (Å²) in [6.45, 7) is 4.07. The van der Waals surface area contributed by atoms with Crippen molar-refractivity contribution in [3.63, 3.8) is 0 Å². The summed E-state index contributed by atoms with van der Waals surface area (Å²) in [5, 5.41) is 0.507. The number of aryl methyl sites for hydroxylation is 2. The summed E-state index contributed by atoms with van der Waals surface area (Å²) >= 11 is 5.99. The predicted octanol–water partition coefficient (Wildman–Crippen LogP) is 4.24. The van der Waals surface area contributed by atoms with Crippen molar-refractivity contribution in [2.75, 3.05) is 19.1 Å². The number of carbonyl (C=O) groups is 1. The number of hydrogen-bond acceptors (Lipinski definition) is 2. The van der Waals surface area contributed by atoms with Crippen LogP contribution in [-0.4, -0.2) is 20.1 Å². The van der Waals surface area contributed by atoms with Crippen LogP contribution in [0.3, 0.4) is 0 Å². The Kier molecular flexibility index (Phi) is 4.53. The fraction of sp³-hybridized carbons (Fsp3) is 0.235. The van der Waals surface area contributed by atoms with Gasteiger partial charge < -0.3 is 9.64 Å². The Morgan fingerprint density at radius 2 is 1.81 bits per heavy atom. The zero-order valence-electron chi connectivity index (χ0n) is 12.6. The summed E-state index contributed by atoms with van der Waals surface area (Å²) in [7, 11) is 3.28. The van der Waals surface area contributed by atoms with Crippen molar-refractivity contribution in [3.05, 3.63) is 58.1 Å². The molecule has 0 atom stereocenters. The Labute approximate surface area is 130 Å². The van der Waals surface area contributed by atoms with E-state index in [1.54, 1.807) is 30.1 Å². The van der Waals surface area contributed by atoms with Crippen molar-refractivity contribution in [1.82, 2.24) is 0 Å². The molecule has 110 valence electrons. The summed E-state index contributed by atoms with van der Waals surface area (Å²) in [6, 6.07) is 10.9. The van der Waals surface area contributed by atoms with Crippen LogP contribution < -0.4 is 9.64 Å². The van der Waals surface area contributed by atoms with Crippen molar-refractivity contribution in [2.45, 2.75) is 13.8 Å². The Bertz CT molecular complexity index is 682. The van der Waals surface area contributed by atoms with E-state index in [1.165, 1.54) is 12.7 Å². The third-order valence-electron chi connectivity index (χ3n) is 3.57. The lowest BCUT2D eigenvalue weighted by molar-refractivity contribution is 0.0990. The van der Waals surface area contributed by atoms with Gasteiger partial charge in [0, 0.05) is 17.8 Å². The van der Waals surface area contributed by atoms with Gasteiger partial charge in [0.15, 0.2) is 0 Å². The summed E-state index contributed by atoms with van der Waals surface area (Å²) in [4.78, 5) is 14.3. The maximum absolute atomic E-state index is 12.7. The molecule has 0 radical (unpaired) electrons. The van der Waals surface area contributed by atoms with Crippen molar-refractivity contribution in [3.8, 4) is 5.75 Å². The molecule has 0 aromatic heterocycles. The minimum Gasteiger partial charge on any atom is -0.496 e. The highest BCUT2D eigenvalue weighted by Gasteiger charge is 2.18. The lowest BCUT2D eigenvalue weighted by atomic mass is 10.1. The van der Waals surface area contributed by atoms with Crippen LogP contribution in [0, 0.1) is 13.8 Å².